The van der Waals surface area contributed by atoms with Gasteiger partial charge in [-0.2, -0.15) is 0 Å². The number of carbonyl (C=O) groups is 2. The van der Waals surface area contributed by atoms with Crippen LogP contribution in [0.1, 0.15) is 18.9 Å². The lowest BCUT2D eigenvalue weighted by molar-refractivity contribution is -0.138. The van der Waals surface area contributed by atoms with Gasteiger partial charge < -0.3 is 10.4 Å². The summed E-state index contributed by atoms with van der Waals surface area (Å²) in [6.45, 7) is 2.05. The third kappa shape index (κ3) is 6.16. The number of benzene rings is 1. The highest BCUT2D eigenvalue weighted by Gasteiger charge is 2.15. The Kier molecular flexibility index (Phi) is 6.76. The first kappa shape index (κ1) is 19.9. The molecule has 0 spiro atoms. The van der Waals surface area contributed by atoms with Gasteiger partial charge in [-0.05, 0) is 35.1 Å². The number of nitrogens with one attached hydrogen (secondary N) is 2. The fourth-order valence-corrected chi connectivity index (χ4v) is 4.27. The van der Waals surface area contributed by atoms with Crippen molar-refractivity contribution in [3.8, 4) is 0 Å². The lowest BCUT2D eigenvalue weighted by Gasteiger charge is -2.11. The summed E-state index contributed by atoms with van der Waals surface area (Å²) in [4.78, 5) is 22.5. The Morgan fingerprint density at radius 2 is 1.88 bits per heavy atom. The molecule has 0 fully saturated rings. The van der Waals surface area contributed by atoms with Gasteiger partial charge in [0.2, 0.25) is 5.91 Å². The van der Waals surface area contributed by atoms with E-state index in [2.05, 4.69) is 10.0 Å². The maximum atomic E-state index is 12.1. The number of carboxylic acid groups (broad SMARTS) is 1. The molecule has 1 amide bonds. The van der Waals surface area contributed by atoms with Gasteiger partial charge in [0.05, 0.1) is 6.42 Å². The van der Waals surface area contributed by atoms with Crippen LogP contribution in [0, 0.1) is 5.92 Å². The highest BCUT2D eigenvalue weighted by atomic mass is 32.2. The fraction of sp³-hybridized carbons (Fsp3) is 0.294. The quantitative estimate of drug-likeness (QED) is 0.602. The lowest BCUT2D eigenvalue weighted by Crippen LogP contribution is -2.30. The molecule has 1 aromatic heterocycles. The van der Waals surface area contributed by atoms with Crippen molar-refractivity contribution in [3.05, 3.63) is 47.3 Å². The first-order valence-corrected chi connectivity index (χ1v) is 10.3. The summed E-state index contributed by atoms with van der Waals surface area (Å²) in [5.41, 5.74) is 1.14. The van der Waals surface area contributed by atoms with Crippen molar-refractivity contribution < 1.29 is 23.1 Å². The molecule has 0 saturated carbocycles. The zero-order chi connectivity index (χ0) is 19.2. The highest BCUT2D eigenvalue weighted by Crippen LogP contribution is 2.20. The molecule has 0 radical (unpaired) electrons. The molecule has 1 unspecified atom stereocenters. The van der Waals surface area contributed by atoms with Crippen LogP contribution in [0.4, 0.5) is 5.69 Å². The third-order valence-electron chi connectivity index (χ3n) is 3.50. The van der Waals surface area contributed by atoms with Gasteiger partial charge in [-0.15, -0.1) is 11.3 Å². The fourth-order valence-electron chi connectivity index (χ4n) is 2.22. The molecular formula is C17H20N2O5S2. The van der Waals surface area contributed by atoms with Crippen molar-refractivity contribution >= 4 is 38.9 Å². The van der Waals surface area contributed by atoms with Gasteiger partial charge in [-0.25, -0.2) is 8.42 Å². The zero-order valence-corrected chi connectivity index (χ0v) is 15.8. The number of amides is 1. The lowest BCUT2D eigenvalue weighted by atomic mass is 10.1. The second-order valence-electron chi connectivity index (χ2n) is 5.92. The number of hydrogen-bond acceptors (Lipinski definition) is 5. The number of sulfonamides is 1. The van der Waals surface area contributed by atoms with E-state index < -0.39 is 16.0 Å². The molecule has 9 heteroatoms. The van der Waals surface area contributed by atoms with E-state index in [1.165, 1.54) is 6.07 Å². The van der Waals surface area contributed by atoms with Crippen molar-refractivity contribution in [2.75, 3.05) is 11.3 Å². The molecule has 0 aliphatic carbocycles. The summed E-state index contributed by atoms with van der Waals surface area (Å²) < 4.78 is 27.0. The van der Waals surface area contributed by atoms with Crippen LogP contribution in [0.3, 0.4) is 0 Å². The van der Waals surface area contributed by atoms with Gasteiger partial charge in [0.15, 0.2) is 0 Å². The smallest absolute Gasteiger partial charge is 0.303 e. The largest absolute Gasteiger partial charge is 0.481 e. The summed E-state index contributed by atoms with van der Waals surface area (Å²) in [5, 5.41) is 13.1. The molecule has 2 aromatic rings. The van der Waals surface area contributed by atoms with Crippen LogP contribution in [0.15, 0.2) is 46.0 Å². The number of carboxylic acids is 1. The Morgan fingerprint density at radius 3 is 2.46 bits per heavy atom. The van der Waals surface area contributed by atoms with Crippen LogP contribution in [-0.4, -0.2) is 31.9 Å². The van der Waals surface area contributed by atoms with E-state index in [9.17, 15) is 18.0 Å². The maximum Gasteiger partial charge on any atom is 0.303 e. The van der Waals surface area contributed by atoms with Crippen molar-refractivity contribution in [2.24, 2.45) is 5.92 Å². The molecule has 1 heterocycles. The second-order valence-corrected chi connectivity index (χ2v) is 8.78. The van der Waals surface area contributed by atoms with E-state index in [0.29, 0.717) is 12.2 Å². The number of anilines is 1. The molecule has 0 aliphatic heterocycles. The van der Waals surface area contributed by atoms with Crippen LogP contribution in [0.5, 0.6) is 0 Å². The van der Waals surface area contributed by atoms with E-state index in [4.69, 9.17) is 5.11 Å². The Labute approximate surface area is 156 Å². The molecule has 0 saturated heterocycles. The molecule has 1 aromatic carbocycles. The number of aliphatic carboxylic acids is 1. The van der Waals surface area contributed by atoms with E-state index in [1.54, 1.807) is 42.6 Å². The molecule has 1 atom stereocenters. The van der Waals surface area contributed by atoms with Crippen molar-refractivity contribution in [1.82, 2.24) is 5.32 Å². The zero-order valence-electron chi connectivity index (χ0n) is 14.1. The summed E-state index contributed by atoms with van der Waals surface area (Å²) in [6, 6.07) is 9.73. The molecule has 7 nitrogen and oxygen atoms in total. The normalized spacial score (nSPS) is 12.3. The van der Waals surface area contributed by atoms with Gasteiger partial charge in [0, 0.05) is 18.7 Å². The number of hydrogen-bond donors (Lipinski definition) is 3. The van der Waals surface area contributed by atoms with Crippen LogP contribution in [0.2, 0.25) is 0 Å². The molecule has 2 rings (SSSR count). The van der Waals surface area contributed by atoms with Gasteiger partial charge in [-0.1, -0.05) is 25.1 Å². The minimum atomic E-state index is -3.59. The Morgan fingerprint density at radius 1 is 1.19 bits per heavy atom. The topological polar surface area (TPSA) is 113 Å². The van der Waals surface area contributed by atoms with Gasteiger partial charge >= 0.3 is 5.97 Å². The van der Waals surface area contributed by atoms with Crippen molar-refractivity contribution in [1.29, 1.82) is 0 Å². The SMILES string of the molecule is CC(CNC(=O)Cc1ccc(NS(=O)(=O)c2cccs2)cc1)CC(=O)O. The summed E-state index contributed by atoms with van der Waals surface area (Å²) in [6.07, 6.45) is 0.136. The van der Waals surface area contributed by atoms with Crippen LogP contribution >= 0.6 is 11.3 Å². The Balaban J connectivity index is 1.87. The Hall–Kier alpha value is -2.39. The summed E-state index contributed by atoms with van der Waals surface area (Å²) in [5.74, 6) is -1.26. The number of thiophene rings is 1. The first-order valence-electron chi connectivity index (χ1n) is 7.90. The highest BCUT2D eigenvalue weighted by molar-refractivity contribution is 7.94. The first-order chi connectivity index (χ1) is 12.3. The van der Waals surface area contributed by atoms with E-state index >= 15 is 0 Å². The number of carbonyl (C=O) groups excluding carboxylic acids is 1. The minimum absolute atomic E-state index is 0.000634. The molecule has 3 N–H and O–H groups in total. The Bertz CT molecular complexity index is 846. The average Bonchev–Trinajstić information content (AvgIpc) is 3.09. The monoisotopic (exact) mass is 396 g/mol. The average molecular weight is 396 g/mol. The van der Waals surface area contributed by atoms with Crippen LogP contribution < -0.4 is 10.0 Å². The van der Waals surface area contributed by atoms with Crippen molar-refractivity contribution in [3.63, 3.8) is 0 Å². The molecule has 0 bridgehead atoms. The van der Waals surface area contributed by atoms with Gasteiger partial charge in [-0.3, -0.25) is 14.3 Å². The maximum absolute atomic E-state index is 12.1. The van der Waals surface area contributed by atoms with Crippen LogP contribution in [0.25, 0.3) is 0 Å². The predicted molar refractivity (Wildman–Crippen MR) is 99.7 cm³/mol. The van der Waals surface area contributed by atoms with E-state index in [0.717, 1.165) is 16.9 Å². The molecular weight excluding hydrogens is 376 g/mol. The second kappa shape index (κ2) is 8.81. The van der Waals surface area contributed by atoms with Crippen LogP contribution in [-0.2, 0) is 26.0 Å². The van der Waals surface area contributed by atoms with E-state index in [1.807, 2.05) is 0 Å². The summed E-state index contributed by atoms with van der Waals surface area (Å²) in [7, 11) is -3.59. The standard InChI is InChI=1S/C17H20N2O5S2/c1-12(9-16(21)22)11-18-15(20)10-13-4-6-14(7-5-13)19-26(23,24)17-3-2-8-25-17/h2-8,12,19H,9-11H2,1H3,(H,18,20)(H,21,22). The van der Waals surface area contributed by atoms with E-state index in [-0.39, 0.29) is 28.9 Å². The molecule has 26 heavy (non-hydrogen) atoms. The van der Waals surface area contributed by atoms with Gasteiger partial charge in [0.1, 0.15) is 4.21 Å². The van der Waals surface area contributed by atoms with Gasteiger partial charge in [0.25, 0.3) is 10.0 Å². The number of rotatable bonds is 9. The summed E-state index contributed by atoms with van der Waals surface area (Å²) >= 11 is 1.13. The molecule has 140 valence electrons. The third-order valence-corrected chi connectivity index (χ3v) is 6.28. The molecule has 0 aliphatic rings. The predicted octanol–water partition coefficient (Wildman–Crippen LogP) is 2.32. The van der Waals surface area contributed by atoms with Crippen molar-refractivity contribution in [2.45, 2.75) is 24.0 Å². The minimum Gasteiger partial charge on any atom is -0.481 e.